The van der Waals surface area contributed by atoms with Gasteiger partial charge in [-0.1, -0.05) is 18.2 Å². The number of pyridine rings is 1. The number of nitrogens with zero attached hydrogens (tertiary/aromatic N) is 1. The van der Waals surface area contributed by atoms with Crippen molar-refractivity contribution < 1.29 is 9.13 Å². The summed E-state index contributed by atoms with van der Waals surface area (Å²) in [5.74, 6) is -0.182. The molecule has 0 spiro atoms. The normalized spacial score (nSPS) is 10.3. The molecular formula is C15H16FN3O. The first-order valence-corrected chi connectivity index (χ1v) is 6.18. The van der Waals surface area contributed by atoms with Gasteiger partial charge in [-0.15, -0.1) is 0 Å². The van der Waals surface area contributed by atoms with E-state index in [-0.39, 0.29) is 24.1 Å². The van der Waals surface area contributed by atoms with Crippen LogP contribution in [0.15, 0.2) is 30.3 Å². The predicted molar refractivity (Wildman–Crippen MR) is 75.5 cm³/mol. The molecule has 1 aromatic heterocycles. The Hall–Kier alpha value is -2.43. The standard InChI is InChI=1S/C15H16FN3O/c1-9-7-10(2)19-15(13(9)14(17)18)20-8-11-5-3-4-6-12(11)16/h3-7H,8H2,1-2H3,(H3,17,18). The number of amidine groups is 1. The molecule has 1 heterocycles. The van der Waals surface area contributed by atoms with Crippen LogP contribution in [0.5, 0.6) is 5.88 Å². The number of benzene rings is 1. The maximum Gasteiger partial charge on any atom is 0.225 e. The van der Waals surface area contributed by atoms with E-state index in [0.717, 1.165) is 11.3 Å². The zero-order chi connectivity index (χ0) is 14.7. The molecule has 0 fully saturated rings. The van der Waals surface area contributed by atoms with Crippen molar-refractivity contribution in [3.05, 3.63) is 58.5 Å². The highest BCUT2D eigenvalue weighted by Crippen LogP contribution is 2.21. The van der Waals surface area contributed by atoms with Gasteiger partial charge < -0.3 is 10.5 Å². The number of nitrogens with one attached hydrogen (secondary N) is 1. The Bertz CT molecular complexity index is 656. The first-order chi connectivity index (χ1) is 9.49. The second kappa shape index (κ2) is 5.69. The molecule has 0 aliphatic heterocycles. The van der Waals surface area contributed by atoms with Gasteiger partial charge in [0.15, 0.2) is 0 Å². The summed E-state index contributed by atoms with van der Waals surface area (Å²) in [7, 11) is 0. The van der Waals surface area contributed by atoms with E-state index in [9.17, 15) is 4.39 Å². The molecule has 0 amide bonds. The van der Waals surface area contributed by atoms with Crippen LogP contribution in [0.3, 0.4) is 0 Å². The second-order valence-electron chi connectivity index (χ2n) is 4.55. The van der Waals surface area contributed by atoms with Gasteiger partial charge in [0, 0.05) is 11.3 Å². The maximum atomic E-state index is 13.5. The highest BCUT2D eigenvalue weighted by molar-refractivity contribution is 5.98. The molecular weight excluding hydrogens is 257 g/mol. The second-order valence-corrected chi connectivity index (χ2v) is 4.55. The van der Waals surface area contributed by atoms with Gasteiger partial charge in [-0.2, -0.15) is 0 Å². The quantitative estimate of drug-likeness (QED) is 0.664. The van der Waals surface area contributed by atoms with Crippen LogP contribution in [0.4, 0.5) is 4.39 Å². The van der Waals surface area contributed by atoms with Crippen molar-refractivity contribution >= 4 is 5.84 Å². The summed E-state index contributed by atoms with van der Waals surface area (Å²) in [6, 6.07) is 8.20. The minimum Gasteiger partial charge on any atom is -0.472 e. The van der Waals surface area contributed by atoms with E-state index in [1.165, 1.54) is 6.07 Å². The summed E-state index contributed by atoms with van der Waals surface area (Å²) in [6.45, 7) is 3.71. The van der Waals surface area contributed by atoms with Crippen molar-refractivity contribution in [3.63, 3.8) is 0 Å². The fourth-order valence-electron chi connectivity index (χ4n) is 2.00. The lowest BCUT2D eigenvalue weighted by atomic mass is 10.1. The lowest BCUT2D eigenvalue weighted by molar-refractivity contribution is 0.286. The summed E-state index contributed by atoms with van der Waals surface area (Å²) < 4.78 is 19.1. The molecule has 0 aliphatic carbocycles. The Balaban J connectivity index is 2.30. The first-order valence-electron chi connectivity index (χ1n) is 6.18. The number of nitrogen functional groups attached to an aromatic ring is 1. The summed E-state index contributed by atoms with van der Waals surface area (Å²) >= 11 is 0. The third-order valence-electron chi connectivity index (χ3n) is 2.90. The minimum absolute atomic E-state index is 0.0445. The molecule has 2 rings (SSSR count). The van der Waals surface area contributed by atoms with Crippen LogP contribution in [0.25, 0.3) is 0 Å². The molecule has 3 N–H and O–H groups in total. The van der Waals surface area contributed by atoms with Crippen LogP contribution in [-0.4, -0.2) is 10.8 Å². The lowest BCUT2D eigenvalue weighted by Crippen LogP contribution is -2.16. The molecule has 0 saturated heterocycles. The van der Waals surface area contributed by atoms with Gasteiger partial charge >= 0.3 is 0 Å². The van der Waals surface area contributed by atoms with Gasteiger partial charge in [0.25, 0.3) is 0 Å². The molecule has 0 radical (unpaired) electrons. The lowest BCUT2D eigenvalue weighted by Gasteiger charge is -2.13. The average molecular weight is 273 g/mol. The van der Waals surface area contributed by atoms with Crippen LogP contribution in [-0.2, 0) is 6.61 Å². The average Bonchev–Trinajstić information content (AvgIpc) is 2.36. The monoisotopic (exact) mass is 273 g/mol. The van der Waals surface area contributed by atoms with Gasteiger partial charge in [0.1, 0.15) is 18.3 Å². The third-order valence-corrected chi connectivity index (χ3v) is 2.90. The van der Waals surface area contributed by atoms with Gasteiger partial charge in [-0.3, -0.25) is 5.41 Å². The van der Waals surface area contributed by atoms with E-state index in [2.05, 4.69) is 4.98 Å². The summed E-state index contributed by atoms with van der Waals surface area (Å²) in [5, 5.41) is 7.60. The third kappa shape index (κ3) is 2.93. The number of rotatable bonds is 4. The highest BCUT2D eigenvalue weighted by Gasteiger charge is 2.13. The number of halogens is 1. The number of nitrogens with two attached hydrogens (primary N) is 1. The number of aromatic nitrogens is 1. The Morgan fingerprint density at radius 3 is 2.70 bits per heavy atom. The van der Waals surface area contributed by atoms with Crippen molar-refractivity contribution in [3.8, 4) is 5.88 Å². The fourth-order valence-corrected chi connectivity index (χ4v) is 2.00. The molecule has 1 aromatic carbocycles. The zero-order valence-corrected chi connectivity index (χ0v) is 11.4. The van der Waals surface area contributed by atoms with Crippen LogP contribution >= 0.6 is 0 Å². The largest absolute Gasteiger partial charge is 0.472 e. The Labute approximate surface area is 116 Å². The van der Waals surface area contributed by atoms with E-state index < -0.39 is 0 Å². The Kier molecular flexibility index (Phi) is 3.98. The summed E-state index contributed by atoms with van der Waals surface area (Å²) in [4.78, 5) is 4.23. The van der Waals surface area contributed by atoms with Gasteiger partial charge in [0.2, 0.25) is 5.88 Å². The van der Waals surface area contributed by atoms with Gasteiger partial charge in [-0.25, -0.2) is 9.37 Å². The molecule has 5 heteroatoms. The maximum absolute atomic E-state index is 13.5. The van der Waals surface area contributed by atoms with E-state index in [4.69, 9.17) is 15.9 Å². The summed E-state index contributed by atoms with van der Waals surface area (Å²) in [5.41, 5.74) is 8.01. The number of ether oxygens (including phenoxy) is 1. The molecule has 2 aromatic rings. The smallest absolute Gasteiger partial charge is 0.225 e. The number of hydrogen-bond donors (Lipinski definition) is 2. The van der Waals surface area contributed by atoms with Crippen LogP contribution in [0.2, 0.25) is 0 Å². The van der Waals surface area contributed by atoms with Crippen molar-refractivity contribution in [2.45, 2.75) is 20.5 Å². The van der Waals surface area contributed by atoms with Gasteiger partial charge in [0.05, 0.1) is 5.56 Å². The van der Waals surface area contributed by atoms with E-state index in [0.29, 0.717) is 11.1 Å². The van der Waals surface area contributed by atoms with E-state index in [1.54, 1.807) is 18.2 Å². The molecule has 0 atom stereocenters. The molecule has 0 aliphatic rings. The minimum atomic E-state index is -0.332. The molecule has 0 bridgehead atoms. The van der Waals surface area contributed by atoms with E-state index >= 15 is 0 Å². The Morgan fingerprint density at radius 1 is 1.35 bits per heavy atom. The highest BCUT2D eigenvalue weighted by atomic mass is 19.1. The van der Waals surface area contributed by atoms with Crippen LogP contribution in [0.1, 0.15) is 22.4 Å². The van der Waals surface area contributed by atoms with Crippen LogP contribution in [0, 0.1) is 25.1 Å². The topological polar surface area (TPSA) is 72.0 Å². The number of aryl methyl sites for hydroxylation is 2. The molecule has 4 nitrogen and oxygen atoms in total. The Morgan fingerprint density at radius 2 is 2.05 bits per heavy atom. The molecule has 20 heavy (non-hydrogen) atoms. The first kappa shape index (κ1) is 14.0. The van der Waals surface area contributed by atoms with Crippen molar-refractivity contribution in [1.82, 2.24) is 4.98 Å². The van der Waals surface area contributed by atoms with Gasteiger partial charge in [-0.05, 0) is 31.5 Å². The molecule has 0 unspecified atom stereocenters. The van der Waals surface area contributed by atoms with E-state index in [1.807, 2.05) is 19.9 Å². The number of hydrogen-bond acceptors (Lipinski definition) is 3. The zero-order valence-electron chi connectivity index (χ0n) is 11.4. The fraction of sp³-hybridized carbons (Fsp3) is 0.200. The molecule has 104 valence electrons. The molecule has 0 saturated carbocycles. The van der Waals surface area contributed by atoms with Crippen molar-refractivity contribution in [2.75, 3.05) is 0 Å². The van der Waals surface area contributed by atoms with Crippen molar-refractivity contribution in [1.29, 1.82) is 5.41 Å². The SMILES string of the molecule is Cc1cc(C)c(C(=N)N)c(OCc2ccccc2F)n1. The van der Waals surface area contributed by atoms with Crippen LogP contribution < -0.4 is 10.5 Å². The summed E-state index contributed by atoms with van der Waals surface area (Å²) in [6.07, 6.45) is 0. The predicted octanol–water partition coefficient (Wildman–Crippen LogP) is 2.70. The van der Waals surface area contributed by atoms with Crippen molar-refractivity contribution in [2.24, 2.45) is 5.73 Å².